The van der Waals surface area contributed by atoms with E-state index in [2.05, 4.69) is 5.32 Å². The average Bonchev–Trinajstić information content (AvgIpc) is 2.57. The third-order valence-electron chi connectivity index (χ3n) is 3.72. The summed E-state index contributed by atoms with van der Waals surface area (Å²) in [4.78, 5) is 57.4. The number of carbonyl (C=O) groups is 5. The van der Waals surface area contributed by atoms with Crippen molar-refractivity contribution >= 4 is 29.8 Å². The maximum absolute atomic E-state index is 11.7. The quantitative estimate of drug-likeness (QED) is 0.313. The first-order valence-electron chi connectivity index (χ1n) is 8.54. The molecule has 0 saturated heterocycles. The summed E-state index contributed by atoms with van der Waals surface area (Å²) in [6, 6.07) is -2.08. The maximum atomic E-state index is 11.7. The molecule has 1 rings (SSSR count). The Labute approximate surface area is 166 Å². The highest BCUT2D eigenvalue weighted by molar-refractivity contribution is 5.85. The highest BCUT2D eigenvalue weighted by atomic mass is 16.6. The molecule has 0 radical (unpaired) electrons. The number of ether oxygens (including phenoxy) is 4. The molecule has 12 nitrogen and oxygen atoms in total. The molecule has 0 bridgehead atoms. The first-order valence-corrected chi connectivity index (χ1v) is 8.54. The lowest BCUT2D eigenvalue weighted by Gasteiger charge is -2.40. The van der Waals surface area contributed by atoms with Crippen molar-refractivity contribution in [2.24, 2.45) is 5.73 Å². The van der Waals surface area contributed by atoms with Crippen molar-refractivity contribution in [3.05, 3.63) is 11.8 Å². The average molecular weight is 416 g/mol. The first-order chi connectivity index (χ1) is 13.4. The van der Waals surface area contributed by atoms with Gasteiger partial charge >= 0.3 is 23.9 Å². The molecular weight excluding hydrogens is 392 g/mol. The zero-order valence-electron chi connectivity index (χ0n) is 16.4. The summed E-state index contributed by atoms with van der Waals surface area (Å²) in [6.07, 6.45) is -3.10. The van der Waals surface area contributed by atoms with Gasteiger partial charge in [-0.3, -0.25) is 19.2 Å². The number of amides is 1. The Kier molecular flexibility index (Phi) is 8.57. The highest BCUT2D eigenvalue weighted by Gasteiger charge is 2.46. The van der Waals surface area contributed by atoms with Gasteiger partial charge in [-0.05, 0) is 6.08 Å². The standard InChI is InChI=1S/C17H24N2O10/c1-7(20)19-14-11(18)5-12(17(24)25)29-16(14)15(28-10(4)23)13(27-9(3)22)6-26-8(2)21/h5,11,13-16H,6,18H2,1-4H3,(H,19,20)(H,24,25). The number of hydrogen-bond acceptors (Lipinski definition) is 10. The normalized spacial score (nSPS) is 22.8. The minimum absolute atomic E-state index is 0.513. The highest BCUT2D eigenvalue weighted by Crippen LogP contribution is 2.25. The third-order valence-corrected chi connectivity index (χ3v) is 3.72. The van der Waals surface area contributed by atoms with Crippen LogP contribution in [0.25, 0.3) is 0 Å². The summed E-state index contributed by atoms with van der Waals surface area (Å²) in [6.45, 7) is 3.94. The number of carboxylic acid groups (broad SMARTS) is 1. The van der Waals surface area contributed by atoms with E-state index in [0.29, 0.717) is 0 Å². The van der Waals surface area contributed by atoms with Gasteiger partial charge in [0, 0.05) is 27.7 Å². The Morgan fingerprint density at radius 1 is 1.10 bits per heavy atom. The van der Waals surface area contributed by atoms with Crippen molar-refractivity contribution in [1.29, 1.82) is 0 Å². The number of nitrogens with one attached hydrogen (secondary N) is 1. The number of rotatable bonds is 8. The Morgan fingerprint density at radius 2 is 1.69 bits per heavy atom. The number of carbonyl (C=O) groups excluding carboxylic acids is 4. The molecule has 0 aromatic heterocycles. The largest absolute Gasteiger partial charge is 0.477 e. The number of carboxylic acids is 1. The zero-order chi connectivity index (χ0) is 22.3. The van der Waals surface area contributed by atoms with Gasteiger partial charge in [-0.15, -0.1) is 0 Å². The molecule has 12 heteroatoms. The van der Waals surface area contributed by atoms with Crippen molar-refractivity contribution in [1.82, 2.24) is 5.32 Å². The van der Waals surface area contributed by atoms with Gasteiger partial charge in [0.25, 0.3) is 0 Å². The monoisotopic (exact) mass is 416 g/mol. The molecule has 0 spiro atoms. The second-order valence-corrected chi connectivity index (χ2v) is 6.25. The SMILES string of the molecule is CC(=O)NC1C(N)C=C(C(=O)O)OC1C(OC(C)=O)C(COC(C)=O)OC(C)=O. The number of nitrogens with two attached hydrogens (primary N) is 1. The molecule has 1 heterocycles. The molecule has 0 saturated carbocycles. The Morgan fingerprint density at radius 3 is 2.14 bits per heavy atom. The van der Waals surface area contributed by atoms with Crippen LogP contribution >= 0.6 is 0 Å². The van der Waals surface area contributed by atoms with E-state index in [1.807, 2.05) is 0 Å². The minimum Gasteiger partial charge on any atom is -0.477 e. The first kappa shape index (κ1) is 23.9. The van der Waals surface area contributed by atoms with Crippen LogP contribution in [-0.2, 0) is 42.9 Å². The molecule has 5 unspecified atom stereocenters. The molecule has 29 heavy (non-hydrogen) atoms. The fourth-order valence-electron chi connectivity index (χ4n) is 2.72. The fourth-order valence-corrected chi connectivity index (χ4v) is 2.72. The zero-order valence-corrected chi connectivity index (χ0v) is 16.4. The van der Waals surface area contributed by atoms with Crippen LogP contribution in [0.2, 0.25) is 0 Å². The lowest BCUT2D eigenvalue weighted by Crippen LogP contribution is -2.63. The van der Waals surface area contributed by atoms with Crippen molar-refractivity contribution in [3.8, 4) is 0 Å². The van der Waals surface area contributed by atoms with Crippen molar-refractivity contribution < 1.29 is 48.0 Å². The smallest absolute Gasteiger partial charge is 0.370 e. The summed E-state index contributed by atoms with van der Waals surface area (Å²) >= 11 is 0. The van der Waals surface area contributed by atoms with Crippen LogP contribution in [-0.4, -0.2) is 71.9 Å². The molecule has 4 N–H and O–H groups in total. The Balaban J connectivity index is 3.39. The van der Waals surface area contributed by atoms with E-state index in [1.165, 1.54) is 6.92 Å². The van der Waals surface area contributed by atoms with Crippen molar-refractivity contribution in [2.75, 3.05) is 6.61 Å². The van der Waals surface area contributed by atoms with E-state index < -0.39 is 72.5 Å². The van der Waals surface area contributed by atoms with Crippen LogP contribution in [0.15, 0.2) is 11.8 Å². The van der Waals surface area contributed by atoms with Crippen molar-refractivity contribution in [2.45, 2.75) is 58.1 Å². The van der Waals surface area contributed by atoms with Gasteiger partial charge in [0.2, 0.25) is 11.7 Å². The van der Waals surface area contributed by atoms with E-state index in [9.17, 15) is 29.1 Å². The van der Waals surface area contributed by atoms with Gasteiger partial charge in [-0.1, -0.05) is 0 Å². The molecule has 0 aromatic rings. The van der Waals surface area contributed by atoms with Gasteiger partial charge in [0.15, 0.2) is 18.3 Å². The van der Waals surface area contributed by atoms with Gasteiger partial charge < -0.3 is 35.1 Å². The molecular formula is C17H24N2O10. The lowest BCUT2D eigenvalue weighted by molar-refractivity contribution is -0.187. The van der Waals surface area contributed by atoms with E-state index in [0.717, 1.165) is 26.8 Å². The Bertz CT molecular complexity index is 704. The molecule has 0 aromatic carbocycles. The van der Waals surface area contributed by atoms with E-state index in [-0.39, 0.29) is 0 Å². The molecule has 1 amide bonds. The second-order valence-electron chi connectivity index (χ2n) is 6.25. The lowest BCUT2D eigenvalue weighted by atomic mass is 9.92. The van der Waals surface area contributed by atoms with E-state index in [1.54, 1.807) is 0 Å². The summed E-state index contributed by atoms with van der Waals surface area (Å²) < 4.78 is 20.6. The molecule has 162 valence electrons. The van der Waals surface area contributed by atoms with Gasteiger partial charge in [-0.25, -0.2) is 4.79 Å². The summed E-state index contributed by atoms with van der Waals surface area (Å²) in [5.41, 5.74) is 5.97. The Hall–Kier alpha value is -3.15. The topological polar surface area (TPSA) is 181 Å². The summed E-state index contributed by atoms with van der Waals surface area (Å²) in [5, 5.41) is 11.8. The van der Waals surface area contributed by atoms with Gasteiger partial charge in [-0.2, -0.15) is 0 Å². The second kappa shape index (κ2) is 10.4. The number of hydrogen-bond donors (Lipinski definition) is 3. The predicted molar refractivity (Wildman–Crippen MR) is 93.9 cm³/mol. The molecule has 1 aliphatic rings. The molecule has 1 aliphatic heterocycles. The van der Waals surface area contributed by atoms with E-state index in [4.69, 9.17) is 24.7 Å². The fraction of sp³-hybridized carbons (Fsp3) is 0.588. The summed E-state index contributed by atoms with van der Waals surface area (Å²) in [5.74, 6) is -4.82. The summed E-state index contributed by atoms with van der Waals surface area (Å²) in [7, 11) is 0. The van der Waals surface area contributed by atoms with Crippen LogP contribution in [0, 0.1) is 0 Å². The van der Waals surface area contributed by atoms with Crippen LogP contribution in [0.3, 0.4) is 0 Å². The minimum atomic E-state index is -1.46. The molecule has 0 fully saturated rings. The molecule has 5 atom stereocenters. The number of aliphatic carboxylic acids is 1. The van der Waals surface area contributed by atoms with Gasteiger partial charge in [0.05, 0.1) is 12.1 Å². The van der Waals surface area contributed by atoms with Crippen LogP contribution in [0.5, 0.6) is 0 Å². The third kappa shape index (κ3) is 7.41. The van der Waals surface area contributed by atoms with Crippen LogP contribution in [0.4, 0.5) is 0 Å². The van der Waals surface area contributed by atoms with E-state index >= 15 is 0 Å². The van der Waals surface area contributed by atoms with Crippen LogP contribution < -0.4 is 11.1 Å². The predicted octanol–water partition coefficient (Wildman–Crippen LogP) is -1.39. The van der Waals surface area contributed by atoms with Crippen LogP contribution in [0.1, 0.15) is 27.7 Å². The molecule has 0 aliphatic carbocycles. The maximum Gasteiger partial charge on any atom is 0.370 e. The van der Waals surface area contributed by atoms with Gasteiger partial charge in [0.1, 0.15) is 6.61 Å². The number of esters is 3. The van der Waals surface area contributed by atoms with Crippen molar-refractivity contribution in [3.63, 3.8) is 0 Å².